The van der Waals surface area contributed by atoms with Crippen molar-refractivity contribution in [1.82, 2.24) is 10.2 Å². The number of hydrogen-bond donors (Lipinski definition) is 1. The third-order valence-electron chi connectivity index (χ3n) is 3.59. The van der Waals surface area contributed by atoms with Crippen molar-refractivity contribution in [2.24, 2.45) is 0 Å². The van der Waals surface area contributed by atoms with E-state index in [1.807, 2.05) is 24.1 Å². The Kier molecular flexibility index (Phi) is 6.79. The molecule has 1 saturated heterocycles. The van der Waals surface area contributed by atoms with Gasteiger partial charge in [0.2, 0.25) is 0 Å². The molecule has 1 aliphatic heterocycles. The molecular weight excluding hydrogens is 344 g/mol. The summed E-state index contributed by atoms with van der Waals surface area (Å²) in [6, 6.07) is 6.01. The summed E-state index contributed by atoms with van der Waals surface area (Å²) in [4.78, 5) is 14.4. The Bertz CT molecular complexity index is 462. The van der Waals surface area contributed by atoms with E-state index in [9.17, 15) is 4.79 Å². The summed E-state index contributed by atoms with van der Waals surface area (Å²) in [5, 5.41) is 3.27. The number of carbonyl (C=O) groups excluding carboxylic acids is 1. The van der Waals surface area contributed by atoms with E-state index in [-0.39, 0.29) is 18.3 Å². The second-order valence-electron chi connectivity index (χ2n) is 4.70. The van der Waals surface area contributed by atoms with Gasteiger partial charge in [-0.2, -0.15) is 0 Å². The number of ether oxygens (including phenoxy) is 1. The number of methoxy groups -OCH3 is 1. The molecule has 0 saturated carbocycles. The van der Waals surface area contributed by atoms with Crippen LogP contribution < -0.4 is 10.1 Å². The molecule has 0 atom stereocenters. The molecule has 1 N–H and O–H groups in total. The predicted octanol–water partition coefficient (Wildman–Crippen LogP) is 2.70. The molecule has 1 aromatic carbocycles. The molecule has 0 unspecified atom stereocenters. The summed E-state index contributed by atoms with van der Waals surface area (Å²) in [6.45, 7) is 1.60. The molecule has 0 aliphatic carbocycles. The van der Waals surface area contributed by atoms with Crippen LogP contribution in [0.5, 0.6) is 5.75 Å². The minimum atomic E-state index is 0. The molecule has 1 heterocycles. The van der Waals surface area contributed by atoms with Gasteiger partial charge >= 0.3 is 0 Å². The molecule has 1 aliphatic rings. The Morgan fingerprint density at radius 1 is 1.40 bits per heavy atom. The van der Waals surface area contributed by atoms with E-state index >= 15 is 0 Å². The zero-order valence-electron chi connectivity index (χ0n) is 11.7. The van der Waals surface area contributed by atoms with Crippen LogP contribution in [0.4, 0.5) is 0 Å². The SMILES string of the molecule is CNC1CCN(C(=O)c2cc(OC)ccc2Br)CC1.Cl. The van der Waals surface area contributed by atoms with Crippen molar-refractivity contribution < 1.29 is 9.53 Å². The van der Waals surface area contributed by atoms with E-state index < -0.39 is 0 Å². The monoisotopic (exact) mass is 362 g/mol. The summed E-state index contributed by atoms with van der Waals surface area (Å²) in [7, 11) is 3.58. The molecule has 0 aromatic heterocycles. The second kappa shape index (κ2) is 7.86. The fraction of sp³-hybridized carbons (Fsp3) is 0.500. The maximum Gasteiger partial charge on any atom is 0.255 e. The Hall–Kier alpha value is -0.780. The van der Waals surface area contributed by atoms with E-state index in [2.05, 4.69) is 21.2 Å². The van der Waals surface area contributed by atoms with Crippen molar-refractivity contribution in [1.29, 1.82) is 0 Å². The minimum absolute atomic E-state index is 0. The molecule has 6 heteroatoms. The molecule has 4 nitrogen and oxygen atoms in total. The first kappa shape index (κ1) is 17.3. The highest BCUT2D eigenvalue weighted by molar-refractivity contribution is 9.10. The highest BCUT2D eigenvalue weighted by Crippen LogP contribution is 2.25. The first-order chi connectivity index (χ1) is 9.15. The van der Waals surface area contributed by atoms with Gasteiger partial charge in [0, 0.05) is 23.6 Å². The number of likely N-dealkylation sites (tertiary alicyclic amines) is 1. The van der Waals surface area contributed by atoms with Crippen LogP contribution in [0.25, 0.3) is 0 Å². The molecule has 1 aromatic rings. The zero-order valence-corrected chi connectivity index (χ0v) is 14.1. The van der Waals surface area contributed by atoms with Crippen LogP contribution in [0.15, 0.2) is 22.7 Å². The van der Waals surface area contributed by atoms with Crippen molar-refractivity contribution in [2.45, 2.75) is 18.9 Å². The maximum absolute atomic E-state index is 12.5. The summed E-state index contributed by atoms with van der Waals surface area (Å²) in [5.41, 5.74) is 0.669. The molecule has 1 amide bonds. The zero-order chi connectivity index (χ0) is 13.8. The lowest BCUT2D eigenvalue weighted by Gasteiger charge is -2.32. The van der Waals surface area contributed by atoms with Crippen LogP contribution in [-0.4, -0.2) is 44.1 Å². The lowest BCUT2D eigenvalue weighted by molar-refractivity contribution is 0.0706. The summed E-state index contributed by atoms with van der Waals surface area (Å²) in [6.07, 6.45) is 2.01. The van der Waals surface area contributed by atoms with Crippen molar-refractivity contribution in [3.05, 3.63) is 28.2 Å². The third kappa shape index (κ3) is 3.87. The number of amides is 1. The first-order valence-corrected chi connectivity index (χ1v) is 7.25. The smallest absolute Gasteiger partial charge is 0.255 e. The standard InChI is InChI=1S/C14H19BrN2O2.ClH/c1-16-10-5-7-17(8-6-10)14(18)12-9-11(19-2)3-4-13(12)15;/h3-4,9-10,16H,5-8H2,1-2H3;1H. The van der Waals surface area contributed by atoms with E-state index in [0.717, 1.165) is 30.4 Å². The Labute approximate surface area is 134 Å². The molecular formula is C14H20BrClN2O2. The minimum Gasteiger partial charge on any atom is -0.497 e. The second-order valence-corrected chi connectivity index (χ2v) is 5.56. The fourth-order valence-corrected chi connectivity index (χ4v) is 2.75. The number of hydrogen-bond acceptors (Lipinski definition) is 3. The van der Waals surface area contributed by atoms with Gasteiger partial charge in [0.25, 0.3) is 5.91 Å². The average molecular weight is 364 g/mol. The number of benzene rings is 1. The molecule has 0 radical (unpaired) electrons. The van der Waals surface area contributed by atoms with Gasteiger partial charge in [-0.15, -0.1) is 12.4 Å². The van der Waals surface area contributed by atoms with Crippen LogP contribution in [-0.2, 0) is 0 Å². The van der Waals surface area contributed by atoms with E-state index in [1.54, 1.807) is 13.2 Å². The Morgan fingerprint density at radius 3 is 2.60 bits per heavy atom. The molecule has 0 bridgehead atoms. The van der Waals surface area contributed by atoms with Gasteiger partial charge in [0.1, 0.15) is 5.75 Å². The number of halogens is 2. The maximum atomic E-state index is 12.5. The van der Waals surface area contributed by atoms with Gasteiger partial charge < -0.3 is 15.0 Å². The lowest BCUT2D eigenvalue weighted by atomic mass is 10.0. The quantitative estimate of drug-likeness (QED) is 0.898. The van der Waals surface area contributed by atoms with Gasteiger partial charge in [-0.25, -0.2) is 0 Å². The number of carbonyl (C=O) groups is 1. The van der Waals surface area contributed by atoms with Crippen LogP contribution in [0.2, 0.25) is 0 Å². The van der Waals surface area contributed by atoms with Crippen LogP contribution in [0.3, 0.4) is 0 Å². The Balaban J connectivity index is 0.00000200. The molecule has 2 rings (SSSR count). The Morgan fingerprint density at radius 2 is 2.05 bits per heavy atom. The van der Waals surface area contributed by atoms with Crippen molar-refractivity contribution >= 4 is 34.2 Å². The highest BCUT2D eigenvalue weighted by atomic mass is 79.9. The van der Waals surface area contributed by atoms with E-state index in [4.69, 9.17) is 4.74 Å². The summed E-state index contributed by atoms with van der Waals surface area (Å²) < 4.78 is 5.99. The van der Waals surface area contributed by atoms with Crippen LogP contribution in [0, 0.1) is 0 Å². The van der Waals surface area contributed by atoms with Gasteiger partial charge in [-0.05, 0) is 54.0 Å². The van der Waals surface area contributed by atoms with Crippen molar-refractivity contribution in [3.63, 3.8) is 0 Å². The average Bonchev–Trinajstić information content (AvgIpc) is 2.47. The van der Waals surface area contributed by atoms with Gasteiger partial charge in [-0.3, -0.25) is 4.79 Å². The molecule has 20 heavy (non-hydrogen) atoms. The molecule has 1 fully saturated rings. The van der Waals surface area contributed by atoms with Crippen LogP contribution in [0.1, 0.15) is 23.2 Å². The number of piperidine rings is 1. The first-order valence-electron chi connectivity index (χ1n) is 6.45. The normalized spacial score (nSPS) is 15.7. The predicted molar refractivity (Wildman–Crippen MR) is 85.9 cm³/mol. The van der Waals surface area contributed by atoms with Gasteiger partial charge in [0.15, 0.2) is 0 Å². The van der Waals surface area contributed by atoms with Gasteiger partial charge in [0.05, 0.1) is 12.7 Å². The summed E-state index contributed by atoms with van der Waals surface area (Å²) >= 11 is 3.44. The number of rotatable bonds is 3. The lowest BCUT2D eigenvalue weighted by Crippen LogP contribution is -2.44. The third-order valence-corrected chi connectivity index (χ3v) is 4.29. The van der Waals surface area contributed by atoms with Crippen LogP contribution >= 0.6 is 28.3 Å². The molecule has 112 valence electrons. The topological polar surface area (TPSA) is 41.6 Å². The largest absolute Gasteiger partial charge is 0.497 e. The molecule has 0 spiro atoms. The highest BCUT2D eigenvalue weighted by Gasteiger charge is 2.24. The summed E-state index contributed by atoms with van der Waals surface area (Å²) in [5.74, 6) is 0.775. The number of nitrogens with zero attached hydrogens (tertiary/aromatic N) is 1. The van der Waals surface area contributed by atoms with Crippen molar-refractivity contribution in [3.8, 4) is 5.75 Å². The van der Waals surface area contributed by atoms with Crippen molar-refractivity contribution in [2.75, 3.05) is 27.2 Å². The van der Waals surface area contributed by atoms with E-state index in [0.29, 0.717) is 17.4 Å². The van der Waals surface area contributed by atoms with Gasteiger partial charge in [-0.1, -0.05) is 0 Å². The number of nitrogens with one attached hydrogen (secondary N) is 1. The van der Waals surface area contributed by atoms with E-state index in [1.165, 1.54) is 0 Å². The fourth-order valence-electron chi connectivity index (χ4n) is 2.34.